The van der Waals surface area contributed by atoms with Gasteiger partial charge in [0.25, 0.3) is 0 Å². The number of nitrogens with zero attached hydrogens (tertiary/aromatic N) is 1. The lowest BCUT2D eigenvalue weighted by molar-refractivity contribution is 0.661. The van der Waals surface area contributed by atoms with Gasteiger partial charge in [-0.1, -0.05) is 141 Å². The first-order valence-electron chi connectivity index (χ1n) is 17.0. The van der Waals surface area contributed by atoms with Crippen molar-refractivity contribution >= 4 is 60.5 Å². The summed E-state index contributed by atoms with van der Waals surface area (Å²) in [6.07, 6.45) is 0. The molecule has 10 rings (SSSR count). The maximum Gasteiger partial charge on any atom is 0.143 e. The molecule has 1 heterocycles. The number of anilines is 3. The van der Waals surface area contributed by atoms with Crippen molar-refractivity contribution in [1.82, 2.24) is 0 Å². The fourth-order valence-corrected chi connectivity index (χ4v) is 8.38. The molecule has 1 aliphatic carbocycles. The molecule has 8 aromatic carbocycles. The average molecular weight is 628 g/mol. The van der Waals surface area contributed by atoms with Crippen molar-refractivity contribution in [1.29, 1.82) is 0 Å². The molecular formula is C47H33NO. The molecule has 1 aliphatic rings. The van der Waals surface area contributed by atoms with Gasteiger partial charge in [0.15, 0.2) is 0 Å². The molecule has 0 fully saturated rings. The predicted octanol–water partition coefficient (Wildman–Crippen LogP) is 13.3. The van der Waals surface area contributed by atoms with E-state index in [0.29, 0.717) is 0 Å². The van der Waals surface area contributed by atoms with Crippen molar-refractivity contribution in [3.8, 4) is 22.3 Å². The predicted molar refractivity (Wildman–Crippen MR) is 206 cm³/mol. The normalized spacial score (nSPS) is 13.3. The van der Waals surface area contributed by atoms with E-state index in [1.807, 2.05) is 0 Å². The van der Waals surface area contributed by atoms with Crippen LogP contribution in [-0.2, 0) is 5.41 Å². The van der Waals surface area contributed by atoms with E-state index in [0.717, 1.165) is 44.3 Å². The molecule has 2 heteroatoms. The third-order valence-electron chi connectivity index (χ3n) is 10.6. The summed E-state index contributed by atoms with van der Waals surface area (Å²) in [7, 11) is 0. The first-order chi connectivity index (χ1) is 24.1. The van der Waals surface area contributed by atoms with Crippen LogP contribution in [0.3, 0.4) is 0 Å². The summed E-state index contributed by atoms with van der Waals surface area (Å²) in [5, 5.41) is 7.03. The Morgan fingerprint density at radius 2 is 1.08 bits per heavy atom. The summed E-state index contributed by atoms with van der Waals surface area (Å²) in [5.41, 5.74) is 12.8. The molecule has 2 nitrogen and oxygen atoms in total. The number of furan rings is 1. The number of rotatable bonds is 4. The SMILES string of the molecule is CC1(C)c2ccccc2-c2cccc(N(c3ccccc3-c3ccc4oc5c6ccccc6ccc5c4c3)c3cccc4ccccc34)c21. The van der Waals surface area contributed by atoms with Crippen LogP contribution in [0.25, 0.3) is 65.7 Å². The molecule has 0 aliphatic heterocycles. The highest BCUT2D eigenvalue weighted by Crippen LogP contribution is 2.55. The van der Waals surface area contributed by atoms with Gasteiger partial charge in [0.2, 0.25) is 0 Å². The van der Waals surface area contributed by atoms with Gasteiger partial charge in [-0.3, -0.25) is 0 Å². The lowest BCUT2D eigenvalue weighted by atomic mass is 9.81. The molecule has 0 radical (unpaired) electrons. The Bertz CT molecular complexity index is 2760. The standard InChI is InChI=1S/C47H33NO/c1-47(2)40-21-9-7-19-36(40)37-20-12-24-43(45(37)47)48(42-23-11-15-30-13-3-5-16-33(30)42)41-22-10-8-17-34(41)32-26-28-44-39(29-32)38-27-25-31-14-4-6-18-35(31)46(38)49-44/h3-29H,1-2H3. The molecule has 49 heavy (non-hydrogen) atoms. The van der Waals surface area contributed by atoms with E-state index in [4.69, 9.17) is 4.42 Å². The molecular weight excluding hydrogens is 595 g/mol. The van der Waals surface area contributed by atoms with E-state index in [1.54, 1.807) is 0 Å². The van der Waals surface area contributed by atoms with E-state index in [-0.39, 0.29) is 5.41 Å². The molecule has 0 N–H and O–H groups in total. The zero-order valence-corrected chi connectivity index (χ0v) is 27.4. The van der Waals surface area contributed by atoms with E-state index >= 15 is 0 Å². The number of fused-ring (bicyclic) bond motifs is 9. The van der Waals surface area contributed by atoms with E-state index in [2.05, 4.69) is 183 Å². The van der Waals surface area contributed by atoms with Gasteiger partial charge in [0, 0.05) is 32.5 Å². The summed E-state index contributed by atoms with van der Waals surface area (Å²) in [6.45, 7) is 4.74. The van der Waals surface area contributed by atoms with Crippen molar-refractivity contribution < 1.29 is 4.42 Å². The van der Waals surface area contributed by atoms with Crippen LogP contribution in [0.5, 0.6) is 0 Å². The van der Waals surface area contributed by atoms with Crippen molar-refractivity contribution in [2.45, 2.75) is 19.3 Å². The van der Waals surface area contributed by atoms with Crippen LogP contribution in [0.4, 0.5) is 17.1 Å². The van der Waals surface area contributed by atoms with Gasteiger partial charge in [-0.2, -0.15) is 0 Å². The third-order valence-corrected chi connectivity index (χ3v) is 10.6. The second kappa shape index (κ2) is 10.4. The summed E-state index contributed by atoms with van der Waals surface area (Å²) < 4.78 is 6.51. The molecule has 0 saturated heterocycles. The van der Waals surface area contributed by atoms with Crippen LogP contribution in [0.15, 0.2) is 168 Å². The quantitative estimate of drug-likeness (QED) is 0.193. The van der Waals surface area contributed by atoms with Gasteiger partial charge in [-0.05, 0) is 75.0 Å². The lowest BCUT2D eigenvalue weighted by Crippen LogP contribution is -2.21. The lowest BCUT2D eigenvalue weighted by Gasteiger charge is -2.34. The van der Waals surface area contributed by atoms with Crippen LogP contribution >= 0.6 is 0 Å². The number of hydrogen-bond donors (Lipinski definition) is 0. The highest BCUT2D eigenvalue weighted by molar-refractivity contribution is 6.16. The molecule has 1 aromatic heterocycles. The van der Waals surface area contributed by atoms with E-state index in [9.17, 15) is 0 Å². The van der Waals surface area contributed by atoms with Gasteiger partial charge in [-0.25, -0.2) is 0 Å². The number of benzene rings is 8. The number of hydrogen-bond acceptors (Lipinski definition) is 2. The fourth-order valence-electron chi connectivity index (χ4n) is 8.38. The zero-order valence-electron chi connectivity index (χ0n) is 27.4. The molecule has 0 amide bonds. The smallest absolute Gasteiger partial charge is 0.143 e. The van der Waals surface area contributed by atoms with E-state index in [1.165, 1.54) is 49.7 Å². The van der Waals surface area contributed by atoms with E-state index < -0.39 is 0 Å². The summed E-state index contributed by atoms with van der Waals surface area (Å²) in [6, 6.07) is 59.5. The molecule has 0 unspecified atom stereocenters. The second-order valence-electron chi connectivity index (χ2n) is 13.7. The molecule has 0 atom stereocenters. The monoisotopic (exact) mass is 627 g/mol. The Hall–Kier alpha value is -6.12. The molecule has 0 saturated carbocycles. The molecule has 0 spiro atoms. The average Bonchev–Trinajstić information content (AvgIpc) is 3.64. The molecule has 0 bridgehead atoms. The topological polar surface area (TPSA) is 16.4 Å². The zero-order chi connectivity index (χ0) is 32.7. The Kier molecular flexibility index (Phi) is 5.95. The van der Waals surface area contributed by atoms with Gasteiger partial charge >= 0.3 is 0 Å². The minimum atomic E-state index is -0.183. The minimum absolute atomic E-state index is 0.183. The maximum atomic E-state index is 6.51. The fraction of sp³-hybridized carbons (Fsp3) is 0.0638. The maximum absolute atomic E-state index is 6.51. The van der Waals surface area contributed by atoms with Gasteiger partial charge < -0.3 is 9.32 Å². The van der Waals surface area contributed by atoms with Gasteiger partial charge in [0.05, 0.1) is 17.1 Å². The molecule has 9 aromatic rings. The Balaban J connectivity index is 1.25. The largest absolute Gasteiger partial charge is 0.455 e. The third kappa shape index (κ3) is 4.07. The van der Waals surface area contributed by atoms with Crippen LogP contribution in [0.1, 0.15) is 25.0 Å². The first kappa shape index (κ1) is 27.9. The van der Waals surface area contributed by atoms with Gasteiger partial charge in [0.1, 0.15) is 11.2 Å². The minimum Gasteiger partial charge on any atom is -0.455 e. The second-order valence-corrected chi connectivity index (χ2v) is 13.7. The highest BCUT2D eigenvalue weighted by Gasteiger charge is 2.39. The van der Waals surface area contributed by atoms with Crippen molar-refractivity contribution in [2.75, 3.05) is 4.90 Å². The van der Waals surface area contributed by atoms with Crippen LogP contribution in [0, 0.1) is 0 Å². The Labute approximate surface area is 285 Å². The first-order valence-corrected chi connectivity index (χ1v) is 17.0. The summed E-state index contributed by atoms with van der Waals surface area (Å²) in [5.74, 6) is 0. The summed E-state index contributed by atoms with van der Waals surface area (Å²) in [4.78, 5) is 2.51. The van der Waals surface area contributed by atoms with Crippen LogP contribution in [-0.4, -0.2) is 0 Å². The summed E-state index contributed by atoms with van der Waals surface area (Å²) >= 11 is 0. The Morgan fingerprint density at radius 1 is 0.449 bits per heavy atom. The van der Waals surface area contributed by atoms with Crippen molar-refractivity contribution in [3.05, 3.63) is 175 Å². The van der Waals surface area contributed by atoms with Crippen LogP contribution in [0.2, 0.25) is 0 Å². The van der Waals surface area contributed by atoms with Crippen molar-refractivity contribution in [2.24, 2.45) is 0 Å². The van der Waals surface area contributed by atoms with Crippen LogP contribution < -0.4 is 4.90 Å². The number of para-hydroxylation sites is 1. The van der Waals surface area contributed by atoms with Crippen molar-refractivity contribution in [3.63, 3.8) is 0 Å². The highest BCUT2D eigenvalue weighted by atomic mass is 16.3. The van der Waals surface area contributed by atoms with Gasteiger partial charge in [-0.15, -0.1) is 0 Å². The molecule has 232 valence electrons. The Morgan fingerprint density at radius 3 is 1.96 bits per heavy atom.